The lowest BCUT2D eigenvalue weighted by molar-refractivity contribution is -0.123. The lowest BCUT2D eigenvalue weighted by Gasteiger charge is -2.26. The number of nitrogens with two attached hydrogens (primary N) is 1. The zero-order chi connectivity index (χ0) is 20.4. The summed E-state index contributed by atoms with van der Waals surface area (Å²) in [5.41, 5.74) is 6.92. The van der Waals surface area contributed by atoms with Crippen molar-refractivity contribution < 1.29 is 13.9 Å². The monoisotopic (exact) mass is 416 g/mol. The molecule has 3 aromatic rings. The van der Waals surface area contributed by atoms with Crippen molar-refractivity contribution >= 4 is 40.0 Å². The molecule has 0 spiro atoms. The van der Waals surface area contributed by atoms with Crippen molar-refractivity contribution in [2.45, 2.75) is 31.8 Å². The first-order valence-electron chi connectivity index (χ1n) is 9.15. The summed E-state index contributed by atoms with van der Waals surface area (Å²) < 4.78 is 19.3. The predicted octanol–water partition coefficient (Wildman–Crippen LogP) is 3.38. The number of carbonyl (C=O) groups excluding carboxylic acids is 1. The number of hydrogen-bond acceptors (Lipinski definition) is 7. The van der Waals surface area contributed by atoms with Crippen LogP contribution in [0.5, 0.6) is 6.01 Å². The van der Waals surface area contributed by atoms with Crippen LogP contribution in [0.2, 0.25) is 5.02 Å². The molecule has 8 nitrogen and oxygen atoms in total. The largest absolute Gasteiger partial charge is 0.460 e. The van der Waals surface area contributed by atoms with Gasteiger partial charge >= 0.3 is 6.01 Å². The number of benzene rings is 1. The number of primary amides is 1. The molecule has 0 saturated heterocycles. The number of nitrogens with one attached hydrogen (secondary N) is 1. The number of hydrogen-bond donors (Lipinski definition) is 2. The minimum Gasteiger partial charge on any atom is -0.460 e. The van der Waals surface area contributed by atoms with Crippen molar-refractivity contribution in [1.29, 1.82) is 0 Å². The molecule has 0 atom stereocenters. The van der Waals surface area contributed by atoms with Crippen molar-refractivity contribution in [3.63, 3.8) is 0 Å². The van der Waals surface area contributed by atoms with Crippen LogP contribution >= 0.6 is 11.6 Å². The van der Waals surface area contributed by atoms with E-state index in [9.17, 15) is 9.18 Å². The van der Waals surface area contributed by atoms with Gasteiger partial charge in [0.15, 0.2) is 5.82 Å². The number of carbonyl (C=O) groups is 1. The molecule has 10 heteroatoms. The summed E-state index contributed by atoms with van der Waals surface area (Å²) in [4.78, 5) is 28.3. The second-order valence-electron chi connectivity index (χ2n) is 6.86. The number of aromatic nitrogens is 4. The van der Waals surface area contributed by atoms with Gasteiger partial charge in [-0.1, -0.05) is 11.6 Å². The van der Waals surface area contributed by atoms with E-state index in [0.717, 1.165) is 0 Å². The van der Waals surface area contributed by atoms with Gasteiger partial charge in [-0.15, -0.1) is 0 Å². The summed E-state index contributed by atoms with van der Waals surface area (Å²) in [6.45, 7) is 0. The van der Waals surface area contributed by atoms with E-state index < -0.39 is 5.82 Å². The highest BCUT2D eigenvalue weighted by Crippen LogP contribution is 2.28. The fourth-order valence-corrected chi connectivity index (χ4v) is 3.49. The third-order valence-corrected chi connectivity index (χ3v) is 5.18. The van der Waals surface area contributed by atoms with Crippen LogP contribution in [0.1, 0.15) is 25.7 Å². The van der Waals surface area contributed by atoms with Crippen LogP contribution in [-0.2, 0) is 4.79 Å². The number of fused-ring (bicyclic) bond motifs is 1. The zero-order valence-corrected chi connectivity index (χ0v) is 16.1. The van der Waals surface area contributed by atoms with Crippen LogP contribution in [0.3, 0.4) is 0 Å². The first-order chi connectivity index (χ1) is 14.0. The normalized spacial score (nSPS) is 19.1. The van der Waals surface area contributed by atoms with Gasteiger partial charge in [-0.05, 0) is 43.9 Å². The quantitative estimate of drug-likeness (QED) is 0.654. The molecule has 150 valence electrons. The molecule has 0 unspecified atom stereocenters. The summed E-state index contributed by atoms with van der Waals surface area (Å²) in [5, 5.41) is 3.06. The summed E-state index contributed by atoms with van der Waals surface area (Å²) in [5.74, 6) is -0.450. The summed E-state index contributed by atoms with van der Waals surface area (Å²) in [6, 6.07) is 4.47. The lowest BCUT2D eigenvalue weighted by Crippen LogP contribution is -2.31. The van der Waals surface area contributed by atoms with E-state index in [0.29, 0.717) is 48.2 Å². The van der Waals surface area contributed by atoms with Crippen molar-refractivity contribution in [2.24, 2.45) is 11.7 Å². The molecular formula is C19H18ClFN6O2. The molecule has 4 rings (SSSR count). The van der Waals surface area contributed by atoms with Crippen LogP contribution in [-0.4, -0.2) is 31.9 Å². The summed E-state index contributed by atoms with van der Waals surface area (Å²) >= 11 is 5.84. The Balaban J connectivity index is 1.54. The van der Waals surface area contributed by atoms with E-state index in [1.165, 1.54) is 18.5 Å². The van der Waals surface area contributed by atoms with Gasteiger partial charge in [0.05, 0.1) is 11.2 Å². The number of nitrogens with zero attached hydrogens (tertiary/aromatic N) is 4. The molecule has 1 saturated carbocycles. The fraction of sp³-hybridized carbons (Fsp3) is 0.316. The fourth-order valence-electron chi connectivity index (χ4n) is 3.31. The summed E-state index contributed by atoms with van der Waals surface area (Å²) in [6.07, 6.45) is 5.64. The Bertz CT molecular complexity index is 1060. The van der Waals surface area contributed by atoms with E-state index in [-0.39, 0.29) is 29.0 Å². The molecule has 2 aromatic heterocycles. The van der Waals surface area contributed by atoms with Gasteiger partial charge in [-0.2, -0.15) is 4.98 Å². The molecule has 2 heterocycles. The number of halogens is 2. The van der Waals surface area contributed by atoms with Gasteiger partial charge in [-0.25, -0.2) is 19.3 Å². The minimum atomic E-state index is -0.506. The molecule has 29 heavy (non-hydrogen) atoms. The Labute approximate surface area is 170 Å². The van der Waals surface area contributed by atoms with Crippen molar-refractivity contribution in [3.05, 3.63) is 41.6 Å². The maximum absolute atomic E-state index is 13.4. The number of anilines is 2. The highest BCUT2D eigenvalue weighted by atomic mass is 35.5. The Morgan fingerprint density at radius 1 is 1.21 bits per heavy atom. The third-order valence-electron chi connectivity index (χ3n) is 4.89. The molecule has 0 aliphatic heterocycles. The minimum absolute atomic E-state index is 0.00132. The van der Waals surface area contributed by atoms with E-state index in [4.69, 9.17) is 22.1 Å². The molecule has 3 N–H and O–H groups in total. The van der Waals surface area contributed by atoms with Crippen LogP contribution in [0.15, 0.2) is 30.7 Å². The topological polar surface area (TPSA) is 116 Å². The van der Waals surface area contributed by atoms with Crippen LogP contribution in [0, 0.1) is 11.7 Å². The van der Waals surface area contributed by atoms with Gasteiger partial charge in [-0.3, -0.25) is 4.79 Å². The highest BCUT2D eigenvalue weighted by molar-refractivity contribution is 6.31. The average molecular weight is 417 g/mol. The Hall–Kier alpha value is -3.07. The van der Waals surface area contributed by atoms with Gasteiger partial charge in [0.2, 0.25) is 5.91 Å². The Morgan fingerprint density at radius 3 is 2.72 bits per heavy atom. The maximum Gasteiger partial charge on any atom is 0.317 e. The number of ether oxygens (including phenoxy) is 1. The predicted molar refractivity (Wildman–Crippen MR) is 105 cm³/mol. The van der Waals surface area contributed by atoms with Gasteiger partial charge in [0, 0.05) is 11.6 Å². The highest BCUT2D eigenvalue weighted by Gasteiger charge is 2.26. The second kappa shape index (κ2) is 8.12. The van der Waals surface area contributed by atoms with Crippen molar-refractivity contribution in [2.75, 3.05) is 5.32 Å². The molecule has 1 fully saturated rings. The smallest absolute Gasteiger partial charge is 0.317 e. The van der Waals surface area contributed by atoms with E-state index in [1.807, 2.05) is 0 Å². The van der Waals surface area contributed by atoms with Crippen LogP contribution in [0.4, 0.5) is 15.9 Å². The molecule has 1 aliphatic rings. The van der Waals surface area contributed by atoms with Gasteiger partial charge in [0.1, 0.15) is 29.3 Å². The maximum atomic E-state index is 13.4. The molecule has 1 amide bonds. The third kappa shape index (κ3) is 4.34. The molecule has 0 radical (unpaired) electrons. The number of amides is 1. The molecule has 1 aliphatic carbocycles. The first-order valence-corrected chi connectivity index (χ1v) is 9.53. The number of rotatable bonds is 5. The Kier molecular flexibility index (Phi) is 5.39. The van der Waals surface area contributed by atoms with E-state index in [1.54, 1.807) is 12.3 Å². The Morgan fingerprint density at radius 2 is 2.00 bits per heavy atom. The van der Waals surface area contributed by atoms with Crippen LogP contribution < -0.4 is 15.8 Å². The SMILES string of the molecule is NC(=O)C1CCC(Oc2ncc3ncnc(Nc4ccc(F)c(Cl)c4)c3n2)CC1. The molecular weight excluding hydrogens is 399 g/mol. The van der Waals surface area contributed by atoms with E-state index >= 15 is 0 Å². The van der Waals surface area contributed by atoms with Crippen molar-refractivity contribution in [1.82, 2.24) is 19.9 Å². The van der Waals surface area contributed by atoms with E-state index in [2.05, 4.69) is 25.3 Å². The lowest BCUT2D eigenvalue weighted by atomic mass is 9.87. The van der Waals surface area contributed by atoms with Gasteiger partial charge < -0.3 is 15.8 Å². The van der Waals surface area contributed by atoms with Crippen molar-refractivity contribution in [3.8, 4) is 6.01 Å². The second-order valence-corrected chi connectivity index (χ2v) is 7.26. The standard InChI is InChI=1S/C19H18ClFN6O2/c20-13-7-11(3-6-14(13)21)26-18-16-15(24-9-25-18)8-23-19(27-16)29-12-4-1-10(2-5-12)17(22)28/h3,6-10,12H,1-2,4-5H2,(H2,22,28)(H,24,25,26). The summed E-state index contributed by atoms with van der Waals surface area (Å²) in [7, 11) is 0. The molecule has 1 aromatic carbocycles. The zero-order valence-electron chi connectivity index (χ0n) is 15.3. The first kappa shape index (κ1) is 19.3. The van der Waals surface area contributed by atoms with Gasteiger partial charge in [0.25, 0.3) is 0 Å². The van der Waals surface area contributed by atoms with Crippen LogP contribution in [0.25, 0.3) is 11.0 Å². The molecule has 0 bridgehead atoms. The average Bonchev–Trinajstić information content (AvgIpc) is 2.71.